The maximum atomic E-state index is 11.6. The third-order valence-corrected chi connectivity index (χ3v) is 2.57. The summed E-state index contributed by atoms with van der Waals surface area (Å²) in [6, 6.07) is 2.98. The maximum Gasteiger partial charge on any atom is 0.327 e. The molecule has 0 unspecified atom stereocenters. The van der Waals surface area contributed by atoms with Crippen LogP contribution < -0.4 is 5.32 Å². The molecule has 1 aromatic rings. The lowest BCUT2D eigenvalue weighted by molar-refractivity contribution is -0.130. The van der Waals surface area contributed by atoms with E-state index in [9.17, 15) is 14.4 Å². The molecule has 2 rings (SSSR count). The van der Waals surface area contributed by atoms with Crippen LogP contribution in [0.5, 0.6) is 0 Å². The number of furan rings is 1. The fourth-order valence-electron chi connectivity index (χ4n) is 1.62. The van der Waals surface area contributed by atoms with Gasteiger partial charge in [-0.3, -0.25) is 14.5 Å². The molecule has 96 valence electrons. The van der Waals surface area contributed by atoms with Crippen LogP contribution in [0.25, 0.3) is 0 Å². The Kier molecular flexibility index (Phi) is 3.31. The highest BCUT2D eigenvalue weighted by atomic mass is 16.3. The molecule has 18 heavy (non-hydrogen) atoms. The number of hydrogen-bond acceptors (Lipinski definition) is 4. The van der Waals surface area contributed by atoms with E-state index in [4.69, 9.17) is 4.42 Å². The quantitative estimate of drug-likeness (QED) is 0.750. The monoisotopic (exact) mass is 251 g/mol. The van der Waals surface area contributed by atoms with Crippen molar-refractivity contribution in [2.75, 3.05) is 20.1 Å². The molecule has 1 aliphatic rings. The molecule has 7 nitrogen and oxygen atoms in total. The van der Waals surface area contributed by atoms with Crippen LogP contribution in [0.4, 0.5) is 4.79 Å². The van der Waals surface area contributed by atoms with Gasteiger partial charge in [0, 0.05) is 7.05 Å². The van der Waals surface area contributed by atoms with Crippen molar-refractivity contribution in [1.29, 1.82) is 0 Å². The van der Waals surface area contributed by atoms with Gasteiger partial charge in [0.15, 0.2) is 0 Å². The summed E-state index contributed by atoms with van der Waals surface area (Å²) in [5.74, 6) is -0.154. The molecule has 4 amide bonds. The molecule has 0 atom stereocenters. The zero-order valence-corrected chi connectivity index (χ0v) is 9.88. The molecule has 1 saturated heterocycles. The van der Waals surface area contributed by atoms with E-state index in [1.54, 1.807) is 12.1 Å². The average molecular weight is 251 g/mol. The molecule has 1 fully saturated rings. The highest BCUT2D eigenvalue weighted by Crippen LogP contribution is 2.07. The maximum absolute atomic E-state index is 11.6. The number of nitrogens with zero attached hydrogens (tertiary/aromatic N) is 2. The molecule has 0 spiro atoms. The minimum Gasteiger partial charge on any atom is -0.467 e. The second-order valence-corrected chi connectivity index (χ2v) is 3.97. The van der Waals surface area contributed by atoms with Crippen molar-refractivity contribution in [3.63, 3.8) is 0 Å². The average Bonchev–Trinajstić information content (AvgIpc) is 2.92. The molecule has 2 heterocycles. The largest absolute Gasteiger partial charge is 0.467 e. The first-order valence-corrected chi connectivity index (χ1v) is 5.42. The van der Waals surface area contributed by atoms with E-state index < -0.39 is 11.9 Å². The van der Waals surface area contributed by atoms with Gasteiger partial charge in [-0.15, -0.1) is 0 Å². The van der Waals surface area contributed by atoms with E-state index in [0.29, 0.717) is 5.76 Å². The number of amides is 4. The zero-order valence-electron chi connectivity index (χ0n) is 9.88. The molecule has 7 heteroatoms. The van der Waals surface area contributed by atoms with Gasteiger partial charge in [-0.25, -0.2) is 4.79 Å². The molecular formula is C11H13N3O4. The van der Waals surface area contributed by atoms with Gasteiger partial charge >= 0.3 is 6.03 Å². The van der Waals surface area contributed by atoms with E-state index in [-0.39, 0.29) is 25.5 Å². The van der Waals surface area contributed by atoms with Crippen molar-refractivity contribution in [2.45, 2.75) is 6.54 Å². The Bertz CT molecular complexity index is 469. The summed E-state index contributed by atoms with van der Waals surface area (Å²) in [4.78, 5) is 36.7. The van der Waals surface area contributed by atoms with Crippen LogP contribution >= 0.6 is 0 Å². The summed E-state index contributed by atoms with van der Waals surface area (Å²) in [7, 11) is 1.51. The summed E-state index contributed by atoms with van der Waals surface area (Å²) in [6.45, 7) is -0.00902. The van der Waals surface area contributed by atoms with Gasteiger partial charge in [0.2, 0.25) is 5.91 Å². The van der Waals surface area contributed by atoms with Gasteiger partial charge in [-0.1, -0.05) is 0 Å². The van der Waals surface area contributed by atoms with Crippen LogP contribution in [-0.2, 0) is 16.1 Å². The number of rotatable bonds is 4. The van der Waals surface area contributed by atoms with Crippen LogP contribution in [0.1, 0.15) is 5.76 Å². The van der Waals surface area contributed by atoms with Crippen LogP contribution in [0.15, 0.2) is 22.8 Å². The lowest BCUT2D eigenvalue weighted by atomic mass is 10.4. The molecule has 1 aromatic heterocycles. The number of carbonyl (C=O) groups excluding carboxylic acids is 3. The van der Waals surface area contributed by atoms with Crippen molar-refractivity contribution in [3.8, 4) is 0 Å². The summed E-state index contributed by atoms with van der Waals surface area (Å²) >= 11 is 0. The lowest BCUT2D eigenvalue weighted by Gasteiger charge is -2.13. The lowest BCUT2D eigenvalue weighted by Crippen LogP contribution is -2.40. The summed E-state index contributed by atoms with van der Waals surface area (Å²) < 4.78 is 5.04. The highest BCUT2D eigenvalue weighted by Gasteiger charge is 2.34. The fourth-order valence-corrected chi connectivity index (χ4v) is 1.62. The SMILES string of the molecule is CN1CC(=O)N(CC(=O)NCc2ccco2)C1=O. The Morgan fingerprint density at radius 1 is 1.50 bits per heavy atom. The van der Waals surface area contributed by atoms with Gasteiger partial charge < -0.3 is 14.6 Å². The molecule has 1 N–H and O–H groups in total. The second-order valence-electron chi connectivity index (χ2n) is 3.97. The predicted molar refractivity (Wildman–Crippen MR) is 60.3 cm³/mol. The van der Waals surface area contributed by atoms with Gasteiger partial charge in [-0.05, 0) is 12.1 Å². The summed E-state index contributed by atoms with van der Waals surface area (Å²) in [6.07, 6.45) is 1.50. The Balaban J connectivity index is 1.84. The molecule has 0 saturated carbocycles. The van der Waals surface area contributed by atoms with Gasteiger partial charge in [0.1, 0.15) is 18.8 Å². The molecule has 0 aromatic carbocycles. The van der Waals surface area contributed by atoms with E-state index in [1.165, 1.54) is 18.2 Å². The summed E-state index contributed by atoms with van der Waals surface area (Å²) in [5.41, 5.74) is 0. The fraction of sp³-hybridized carbons (Fsp3) is 0.364. The minimum absolute atomic E-state index is 0.0182. The number of hydrogen-bond donors (Lipinski definition) is 1. The molecule has 0 radical (unpaired) electrons. The molecular weight excluding hydrogens is 238 g/mol. The molecule has 1 aliphatic heterocycles. The van der Waals surface area contributed by atoms with E-state index in [1.807, 2.05) is 0 Å². The Labute approximate surface area is 103 Å². The first-order chi connectivity index (χ1) is 8.58. The Morgan fingerprint density at radius 3 is 2.83 bits per heavy atom. The number of imide groups is 1. The molecule has 0 aliphatic carbocycles. The third kappa shape index (κ3) is 2.50. The smallest absolute Gasteiger partial charge is 0.327 e. The summed E-state index contributed by atoms with van der Waals surface area (Å²) in [5, 5.41) is 2.57. The van der Waals surface area contributed by atoms with E-state index in [2.05, 4.69) is 5.32 Å². The standard InChI is InChI=1S/C11H13N3O4/c1-13-7-10(16)14(11(13)17)6-9(15)12-5-8-3-2-4-18-8/h2-4H,5-7H2,1H3,(H,12,15). The van der Waals surface area contributed by atoms with Crippen molar-refractivity contribution < 1.29 is 18.8 Å². The predicted octanol–water partition coefficient (Wildman–Crippen LogP) is -0.210. The topological polar surface area (TPSA) is 82.9 Å². The van der Waals surface area contributed by atoms with Gasteiger partial charge in [-0.2, -0.15) is 0 Å². The van der Waals surface area contributed by atoms with Crippen LogP contribution in [0, 0.1) is 0 Å². The number of nitrogens with one attached hydrogen (secondary N) is 1. The highest BCUT2D eigenvalue weighted by molar-refractivity contribution is 6.04. The number of likely N-dealkylation sites (N-methyl/N-ethyl adjacent to an activating group) is 1. The Hall–Kier alpha value is -2.31. The Morgan fingerprint density at radius 2 is 2.28 bits per heavy atom. The van der Waals surface area contributed by atoms with Crippen molar-refractivity contribution >= 4 is 17.8 Å². The van der Waals surface area contributed by atoms with Crippen LogP contribution in [-0.4, -0.2) is 47.8 Å². The zero-order chi connectivity index (χ0) is 13.1. The van der Waals surface area contributed by atoms with Crippen molar-refractivity contribution in [2.24, 2.45) is 0 Å². The van der Waals surface area contributed by atoms with E-state index >= 15 is 0 Å². The minimum atomic E-state index is -0.451. The first-order valence-electron chi connectivity index (χ1n) is 5.42. The first kappa shape index (κ1) is 12.2. The van der Waals surface area contributed by atoms with Crippen LogP contribution in [0.3, 0.4) is 0 Å². The number of urea groups is 1. The number of carbonyl (C=O) groups is 3. The van der Waals surface area contributed by atoms with E-state index in [0.717, 1.165) is 4.90 Å². The normalized spacial score (nSPS) is 15.4. The second kappa shape index (κ2) is 4.91. The third-order valence-electron chi connectivity index (χ3n) is 2.57. The molecule has 0 bridgehead atoms. The van der Waals surface area contributed by atoms with Crippen molar-refractivity contribution in [1.82, 2.24) is 15.1 Å². The van der Waals surface area contributed by atoms with Gasteiger partial charge in [0.25, 0.3) is 5.91 Å². The van der Waals surface area contributed by atoms with Crippen molar-refractivity contribution in [3.05, 3.63) is 24.2 Å². The van der Waals surface area contributed by atoms with Crippen LogP contribution in [0.2, 0.25) is 0 Å². The van der Waals surface area contributed by atoms with Gasteiger partial charge in [0.05, 0.1) is 12.8 Å².